The largest absolute Gasteiger partial charge is 0.376 e. The monoisotopic (exact) mass is 500 g/mol. The van der Waals surface area contributed by atoms with Crippen molar-refractivity contribution in [3.8, 4) is 0 Å². The summed E-state index contributed by atoms with van der Waals surface area (Å²) in [5.74, 6) is -1.14. The summed E-state index contributed by atoms with van der Waals surface area (Å²) in [6.07, 6.45) is -2.16. The Kier molecular flexibility index (Phi) is 6.35. The molecule has 2 aromatic carbocycles. The quantitative estimate of drug-likeness (QED) is 0.610. The molecule has 0 bridgehead atoms. The lowest BCUT2D eigenvalue weighted by Gasteiger charge is -2.43. The second-order valence-electron chi connectivity index (χ2n) is 9.60. The summed E-state index contributed by atoms with van der Waals surface area (Å²) >= 11 is 6.32. The zero-order chi connectivity index (χ0) is 24.9. The number of imide groups is 1. The molecule has 3 aliphatic rings. The van der Waals surface area contributed by atoms with E-state index in [9.17, 15) is 9.59 Å². The van der Waals surface area contributed by atoms with E-state index in [-0.39, 0.29) is 12.3 Å². The second kappa shape index (κ2) is 9.19. The van der Waals surface area contributed by atoms with Gasteiger partial charge in [-0.1, -0.05) is 48.0 Å². The minimum absolute atomic E-state index is 0.0530. The zero-order valence-corrected chi connectivity index (χ0v) is 20.9. The standard InChI is InChI=1S/C26H29ClN2O6/c1-15-10-11-17(12-18(15)27)29-20(30)13-19(28(25(29)31)14-16-8-6-5-7-9-16)21-22(32-4)23-24(33-21)35-26(2,3)34-23/h5-12,19,21-24H,13-14H2,1-4H3/t19-,21+,22-,23+,24+/m0/s1. The lowest BCUT2D eigenvalue weighted by molar-refractivity contribution is -0.223. The van der Waals surface area contributed by atoms with Gasteiger partial charge in [0.15, 0.2) is 12.1 Å². The van der Waals surface area contributed by atoms with Crippen LogP contribution in [0.3, 0.4) is 0 Å². The molecule has 0 N–H and O–H groups in total. The van der Waals surface area contributed by atoms with Gasteiger partial charge >= 0.3 is 6.03 Å². The predicted molar refractivity (Wildman–Crippen MR) is 129 cm³/mol. The van der Waals surface area contributed by atoms with E-state index in [1.54, 1.807) is 30.2 Å². The van der Waals surface area contributed by atoms with Gasteiger partial charge in [0, 0.05) is 18.7 Å². The van der Waals surface area contributed by atoms with Gasteiger partial charge in [0.2, 0.25) is 5.91 Å². The van der Waals surface area contributed by atoms with Crippen molar-refractivity contribution in [3.63, 3.8) is 0 Å². The van der Waals surface area contributed by atoms with Crippen LogP contribution in [0.5, 0.6) is 0 Å². The van der Waals surface area contributed by atoms with Crippen LogP contribution in [0.4, 0.5) is 10.5 Å². The van der Waals surface area contributed by atoms with Crippen molar-refractivity contribution in [1.82, 2.24) is 4.90 Å². The summed E-state index contributed by atoms with van der Waals surface area (Å²) in [7, 11) is 1.58. The molecule has 5 rings (SSSR count). The first-order valence-electron chi connectivity index (χ1n) is 11.7. The van der Waals surface area contributed by atoms with Crippen LogP contribution >= 0.6 is 11.6 Å². The van der Waals surface area contributed by atoms with E-state index < -0.39 is 42.5 Å². The third kappa shape index (κ3) is 4.45. The van der Waals surface area contributed by atoms with Gasteiger partial charge in [0.05, 0.1) is 18.2 Å². The van der Waals surface area contributed by atoms with Crippen molar-refractivity contribution in [2.75, 3.05) is 12.0 Å². The lowest BCUT2D eigenvalue weighted by atomic mass is 9.95. The highest BCUT2D eigenvalue weighted by Gasteiger charge is 2.59. The smallest absolute Gasteiger partial charge is 0.332 e. The van der Waals surface area contributed by atoms with Gasteiger partial charge in [-0.3, -0.25) is 4.79 Å². The molecule has 0 aliphatic carbocycles. The lowest BCUT2D eigenvalue weighted by Crippen LogP contribution is -2.62. The van der Waals surface area contributed by atoms with E-state index in [0.29, 0.717) is 17.3 Å². The van der Waals surface area contributed by atoms with E-state index in [0.717, 1.165) is 11.1 Å². The predicted octanol–water partition coefficient (Wildman–Crippen LogP) is 4.27. The highest BCUT2D eigenvalue weighted by Crippen LogP contribution is 2.42. The molecule has 8 nitrogen and oxygen atoms in total. The van der Waals surface area contributed by atoms with Gasteiger partial charge in [-0.2, -0.15) is 0 Å². The maximum Gasteiger partial charge on any atom is 0.332 e. The molecule has 186 valence electrons. The Labute approximate surface area is 209 Å². The molecule has 3 fully saturated rings. The van der Waals surface area contributed by atoms with Crippen molar-refractivity contribution in [2.24, 2.45) is 0 Å². The Balaban J connectivity index is 1.49. The van der Waals surface area contributed by atoms with Gasteiger partial charge < -0.3 is 23.8 Å². The molecule has 0 spiro atoms. The molecule has 2 aromatic rings. The molecule has 3 aliphatic heterocycles. The van der Waals surface area contributed by atoms with Crippen molar-refractivity contribution < 1.29 is 28.5 Å². The van der Waals surface area contributed by atoms with E-state index in [1.165, 1.54) is 4.90 Å². The van der Waals surface area contributed by atoms with Crippen molar-refractivity contribution in [3.05, 3.63) is 64.7 Å². The van der Waals surface area contributed by atoms with E-state index in [1.807, 2.05) is 51.1 Å². The fraction of sp³-hybridized carbons (Fsp3) is 0.462. The van der Waals surface area contributed by atoms with Gasteiger partial charge in [0.25, 0.3) is 0 Å². The summed E-state index contributed by atoms with van der Waals surface area (Å²) in [4.78, 5) is 30.1. The summed E-state index contributed by atoms with van der Waals surface area (Å²) in [5.41, 5.74) is 2.24. The molecule has 0 unspecified atom stereocenters. The van der Waals surface area contributed by atoms with Crippen molar-refractivity contribution >= 4 is 29.2 Å². The van der Waals surface area contributed by atoms with Crippen LogP contribution < -0.4 is 4.90 Å². The van der Waals surface area contributed by atoms with Gasteiger partial charge in [-0.25, -0.2) is 9.69 Å². The summed E-state index contributed by atoms with van der Waals surface area (Å²) in [6, 6.07) is 13.8. The number of urea groups is 1. The van der Waals surface area contributed by atoms with Gasteiger partial charge in [-0.15, -0.1) is 0 Å². The number of ether oxygens (including phenoxy) is 4. The number of anilines is 1. The molecule has 5 atom stereocenters. The highest BCUT2D eigenvalue weighted by atomic mass is 35.5. The molecule has 0 radical (unpaired) electrons. The highest BCUT2D eigenvalue weighted by molar-refractivity contribution is 6.32. The minimum Gasteiger partial charge on any atom is -0.376 e. The number of aryl methyl sites for hydroxylation is 1. The fourth-order valence-corrected chi connectivity index (χ4v) is 5.25. The molecule has 0 aromatic heterocycles. The normalized spacial score (nSPS) is 30.1. The number of benzene rings is 2. The Bertz CT molecular complexity index is 1130. The first-order valence-corrected chi connectivity index (χ1v) is 12.0. The van der Waals surface area contributed by atoms with Crippen molar-refractivity contribution in [1.29, 1.82) is 0 Å². The number of hydrogen-bond donors (Lipinski definition) is 0. The number of fused-ring (bicyclic) bond motifs is 1. The fourth-order valence-electron chi connectivity index (χ4n) is 5.07. The average molecular weight is 501 g/mol. The Morgan fingerprint density at radius 3 is 2.51 bits per heavy atom. The Morgan fingerprint density at radius 1 is 1.09 bits per heavy atom. The zero-order valence-electron chi connectivity index (χ0n) is 20.1. The first-order chi connectivity index (χ1) is 16.7. The summed E-state index contributed by atoms with van der Waals surface area (Å²) in [6.45, 7) is 5.80. The van der Waals surface area contributed by atoms with E-state index in [4.69, 9.17) is 30.5 Å². The van der Waals surface area contributed by atoms with Crippen LogP contribution in [0.15, 0.2) is 48.5 Å². The number of carbonyl (C=O) groups excluding carboxylic acids is 2. The van der Waals surface area contributed by atoms with Crippen LogP contribution in [0.2, 0.25) is 5.02 Å². The van der Waals surface area contributed by atoms with E-state index in [2.05, 4.69) is 0 Å². The van der Waals surface area contributed by atoms with E-state index >= 15 is 0 Å². The molecular weight excluding hydrogens is 472 g/mol. The molecule has 35 heavy (non-hydrogen) atoms. The maximum absolute atomic E-state index is 13.9. The van der Waals surface area contributed by atoms with Gasteiger partial charge in [0.1, 0.15) is 18.3 Å². The number of hydrogen-bond acceptors (Lipinski definition) is 6. The number of nitrogens with zero attached hydrogens (tertiary/aromatic N) is 2. The number of carbonyl (C=O) groups is 2. The number of rotatable bonds is 5. The van der Waals surface area contributed by atoms with Crippen molar-refractivity contribution in [2.45, 2.75) is 70.2 Å². The molecule has 3 saturated heterocycles. The van der Waals surface area contributed by atoms with Crippen LogP contribution in [0, 0.1) is 6.92 Å². The number of halogens is 1. The van der Waals surface area contributed by atoms with Crippen LogP contribution in [-0.4, -0.2) is 60.4 Å². The third-order valence-electron chi connectivity index (χ3n) is 6.76. The molecule has 0 saturated carbocycles. The number of methoxy groups -OCH3 is 1. The first kappa shape index (κ1) is 24.2. The summed E-state index contributed by atoms with van der Waals surface area (Å²) < 4.78 is 24.0. The van der Waals surface area contributed by atoms with Crippen LogP contribution in [-0.2, 0) is 30.3 Å². The number of amides is 3. The molecule has 3 heterocycles. The SMILES string of the molecule is CO[C@@H]1[C@H]2OC(C)(C)O[C@H]2O[C@@H]1[C@@H]1CC(=O)N(c2ccc(C)c(Cl)c2)C(=O)N1Cc1ccccc1. The van der Waals surface area contributed by atoms with Crippen LogP contribution in [0.1, 0.15) is 31.4 Å². The minimum atomic E-state index is -0.805. The second-order valence-corrected chi connectivity index (χ2v) is 10.0. The maximum atomic E-state index is 13.9. The Hall–Kier alpha value is -2.49. The average Bonchev–Trinajstić information content (AvgIpc) is 3.29. The molecular formula is C26H29ClN2O6. The Morgan fingerprint density at radius 2 is 1.83 bits per heavy atom. The van der Waals surface area contributed by atoms with Gasteiger partial charge in [-0.05, 0) is 44.0 Å². The summed E-state index contributed by atoms with van der Waals surface area (Å²) in [5, 5.41) is 0.489. The topological polar surface area (TPSA) is 77.5 Å². The molecule has 3 amide bonds. The third-order valence-corrected chi connectivity index (χ3v) is 7.17. The van der Waals surface area contributed by atoms with Crippen LogP contribution in [0.25, 0.3) is 0 Å². The molecule has 9 heteroatoms.